The lowest BCUT2D eigenvalue weighted by molar-refractivity contribution is -0.130. The van der Waals surface area contributed by atoms with Crippen molar-refractivity contribution in [1.29, 1.82) is 0 Å². The van der Waals surface area contributed by atoms with E-state index in [-0.39, 0.29) is 11.5 Å². The number of hydrogen-bond donors (Lipinski definition) is 1. The van der Waals surface area contributed by atoms with Crippen molar-refractivity contribution in [2.24, 2.45) is 0 Å². The highest BCUT2D eigenvalue weighted by atomic mass is 16.4. The van der Waals surface area contributed by atoms with Crippen molar-refractivity contribution in [3.05, 3.63) is 47.7 Å². The predicted octanol–water partition coefficient (Wildman–Crippen LogP) is 2.26. The molecule has 0 amide bonds. The SMILES string of the molecule is CCc1nnc(/C(=C/c2ccccc2)C(=O)O)o1. The number of hydrogen-bond acceptors (Lipinski definition) is 4. The van der Waals surface area contributed by atoms with E-state index in [0.717, 1.165) is 5.56 Å². The van der Waals surface area contributed by atoms with Gasteiger partial charge in [0, 0.05) is 6.42 Å². The van der Waals surface area contributed by atoms with Crippen LogP contribution in [0.2, 0.25) is 0 Å². The maximum Gasteiger partial charge on any atom is 0.341 e. The van der Waals surface area contributed by atoms with Crippen molar-refractivity contribution in [2.45, 2.75) is 13.3 Å². The molecule has 1 N–H and O–H groups in total. The van der Waals surface area contributed by atoms with E-state index in [1.807, 2.05) is 25.1 Å². The van der Waals surface area contributed by atoms with Crippen LogP contribution < -0.4 is 0 Å². The molecule has 5 heteroatoms. The third-order valence-corrected chi connectivity index (χ3v) is 2.34. The average Bonchev–Trinajstić information content (AvgIpc) is 2.85. The molecular formula is C13H12N2O3. The van der Waals surface area contributed by atoms with Crippen LogP contribution in [0.5, 0.6) is 0 Å². The summed E-state index contributed by atoms with van der Waals surface area (Å²) in [5.41, 5.74) is 0.763. The summed E-state index contributed by atoms with van der Waals surface area (Å²) in [5, 5.41) is 16.7. The standard InChI is InChI=1S/C13H12N2O3/c1-2-11-14-15-12(18-11)10(13(16)17)8-9-6-4-3-5-7-9/h3-8H,2H2,1H3,(H,16,17)/b10-8-. The molecule has 0 aliphatic rings. The van der Waals surface area contributed by atoms with E-state index < -0.39 is 5.97 Å². The van der Waals surface area contributed by atoms with Crippen molar-refractivity contribution in [2.75, 3.05) is 0 Å². The highest BCUT2D eigenvalue weighted by Crippen LogP contribution is 2.17. The normalized spacial score (nSPS) is 11.5. The summed E-state index contributed by atoms with van der Waals surface area (Å²) in [7, 11) is 0. The van der Waals surface area contributed by atoms with Crippen LogP contribution in [0.1, 0.15) is 24.3 Å². The molecule has 0 unspecified atom stereocenters. The third-order valence-electron chi connectivity index (χ3n) is 2.34. The van der Waals surface area contributed by atoms with E-state index in [9.17, 15) is 9.90 Å². The van der Waals surface area contributed by atoms with E-state index in [2.05, 4.69) is 10.2 Å². The van der Waals surface area contributed by atoms with Crippen molar-refractivity contribution < 1.29 is 14.3 Å². The van der Waals surface area contributed by atoms with Crippen LogP contribution >= 0.6 is 0 Å². The van der Waals surface area contributed by atoms with Gasteiger partial charge in [0.2, 0.25) is 5.89 Å². The first kappa shape index (κ1) is 12.0. The Morgan fingerprint density at radius 2 is 2.06 bits per heavy atom. The van der Waals surface area contributed by atoms with E-state index in [0.29, 0.717) is 12.3 Å². The molecule has 0 bridgehead atoms. The summed E-state index contributed by atoms with van der Waals surface area (Å²) < 4.78 is 5.26. The van der Waals surface area contributed by atoms with Gasteiger partial charge in [0.1, 0.15) is 5.57 Å². The average molecular weight is 244 g/mol. The topological polar surface area (TPSA) is 76.2 Å². The summed E-state index contributed by atoms with van der Waals surface area (Å²) in [6.07, 6.45) is 2.08. The Hall–Kier alpha value is -2.43. The van der Waals surface area contributed by atoms with Crippen LogP contribution in [-0.2, 0) is 11.2 Å². The molecule has 0 saturated heterocycles. The molecule has 2 aromatic rings. The fraction of sp³-hybridized carbons (Fsp3) is 0.154. The minimum Gasteiger partial charge on any atom is -0.477 e. The maximum absolute atomic E-state index is 11.2. The second-order valence-corrected chi connectivity index (χ2v) is 3.63. The summed E-state index contributed by atoms with van der Waals surface area (Å²) in [6.45, 7) is 1.86. The van der Waals surface area contributed by atoms with Crippen LogP contribution in [0.4, 0.5) is 0 Å². The monoisotopic (exact) mass is 244 g/mol. The van der Waals surface area contributed by atoms with Gasteiger partial charge in [-0.25, -0.2) is 4.79 Å². The summed E-state index contributed by atoms with van der Waals surface area (Å²) >= 11 is 0. The zero-order valence-corrected chi connectivity index (χ0v) is 9.83. The Balaban J connectivity index is 2.40. The Morgan fingerprint density at radius 1 is 1.33 bits per heavy atom. The maximum atomic E-state index is 11.2. The van der Waals surface area contributed by atoms with Crippen LogP contribution in [0.25, 0.3) is 11.6 Å². The zero-order valence-electron chi connectivity index (χ0n) is 9.83. The van der Waals surface area contributed by atoms with Crippen LogP contribution in [0, 0.1) is 0 Å². The molecular weight excluding hydrogens is 232 g/mol. The number of carboxylic acid groups (broad SMARTS) is 1. The van der Waals surface area contributed by atoms with Crippen molar-refractivity contribution in [3.8, 4) is 0 Å². The Bertz CT molecular complexity index is 573. The van der Waals surface area contributed by atoms with Gasteiger partial charge in [-0.15, -0.1) is 10.2 Å². The highest BCUT2D eigenvalue weighted by Gasteiger charge is 2.17. The first-order valence-corrected chi connectivity index (χ1v) is 5.53. The minimum absolute atomic E-state index is 0.00611. The van der Waals surface area contributed by atoms with Gasteiger partial charge in [0.05, 0.1) is 0 Å². The van der Waals surface area contributed by atoms with Gasteiger partial charge in [0.15, 0.2) is 0 Å². The van der Waals surface area contributed by atoms with E-state index in [1.165, 1.54) is 6.08 Å². The molecule has 5 nitrogen and oxygen atoms in total. The van der Waals surface area contributed by atoms with Gasteiger partial charge in [-0.05, 0) is 11.6 Å². The van der Waals surface area contributed by atoms with Gasteiger partial charge in [0.25, 0.3) is 5.89 Å². The molecule has 0 fully saturated rings. The Kier molecular flexibility index (Phi) is 3.52. The molecule has 0 saturated carbocycles. The van der Waals surface area contributed by atoms with Crippen LogP contribution in [0.15, 0.2) is 34.7 Å². The molecule has 0 radical (unpaired) electrons. The molecule has 0 aliphatic heterocycles. The first-order chi connectivity index (χ1) is 8.70. The first-order valence-electron chi connectivity index (χ1n) is 5.53. The van der Waals surface area contributed by atoms with E-state index in [4.69, 9.17) is 4.42 Å². The Morgan fingerprint density at radius 3 is 2.61 bits per heavy atom. The van der Waals surface area contributed by atoms with Gasteiger partial charge in [-0.1, -0.05) is 37.3 Å². The largest absolute Gasteiger partial charge is 0.477 e. The van der Waals surface area contributed by atoms with Crippen molar-refractivity contribution >= 4 is 17.6 Å². The number of carbonyl (C=O) groups is 1. The smallest absolute Gasteiger partial charge is 0.341 e. The second-order valence-electron chi connectivity index (χ2n) is 3.63. The molecule has 0 aliphatic carbocycles. The van der Waals surface area contributed by atoms with Gasteiger partial charge in [-0.2, -0.15) is 0 Å². The molecule has 1 aromatic heterocycles. The van der Waals surface area contributed by atoms with E-state index >= 15 is 0 Å². The number of aromatic nitrogens is 2. The Labute approximate surface area is 104 Å². The number of aliphatic carboxylic acids is 1. The number of rotatable bonds is 4. The summed E-state index contributed by atoms with van der Waals surface area (Å²) in [5.74, 6) is -0.640. The summed E-state index contributed by atoms with van der Waals surface area (Å²) in [6, 6.07) is 9.13. The second kappa shape index (κ2) is 5.27. The lowest BCUT2D eigenvalue weighted by Gasteiger charge is -1.97. The molecule has 0 atom stereocenters. The highest BCUT2D eigenvalue weighted by molar-refractivity contribution is 6.19. The quantitative estimate of drug-likeness (QED) is 0.835. The molecule has 0 spiro atoms. The molecule has 1 aromatic carbocycles. The fourth-order valence-corrected chi connectivity index (χ4v) is 1.44. The minimum atomic E-state index is -1.09. The third kappa shape index (κ3) is 2.63. The lowest BCUT2D eigenvalue weighted by Crippen LogP contribution is -2.00. The van der Waals surface area contributed by atoms with Gasteiger partial charge in [-0.3, -0.25) is 0 Å². The zero-order chi connectivity index (χ0) is 13.0. The number of carboxylic acids is 1. The van der Waals surface area contributed by atoms with Crippen molar-refractivity contribution in [1.82, 2.24) is 10.2 Å². The number of benzene rings is 1. The van der Waals surface area contributed by atoms with Crippen molar-refractivity contribution in [3.63, 3.8) is 0 Å². The molecule has 2 rings (SSSR count). The molecule has 18 heavy (non-hydrogen) atoms. The van der Waals surface area contributed by atoms with Gasteiger partial charge >= 0.3 is 5.97 Å². The van der Waals surface area contributed by atoms with Crippen LogP contribution in [0.3, 0.4) is 0 Å². The lowest BCUT2D eigenvalue weighted by atomic mass is 10.1. The van der Waals surface area contributed by atoms with Crippen LogP contribution in [-0.4, -0.2) is 21.3 Å². The number of aryl methyl sites for hydroxylation is 1. The van der Waals surface area contributed by atoms with E-state index in [1.54, 1.807) is 12.1 Å². The van der Waals surface area contributed by atoms with Gasteiger partial charge < -0.3 is 9.52 Å². The summed E-state index contributed by atoms with van der Waals surface area (Å²) in [4.78, 5) is 11.2. The predicted molar refractivity (Wildman–Crippen MR) is 65.6 cm³/mol. The fourth-order valence-electron chi connectivity index (χ4n) is 1.44. The number of nitrogens with zero attached hydrogens (tertiary/aromatic N) is 2. The molecule has 1 heterocycles. The molecule has 92 valence electrons.